The number of aryl methyl sites for hydroxylation is 1. The lowest BCUT2D eigenvalue weighted by Gasteiger charge is -2.14. The highest BCUT2D eigenvalue weighted by atomic mass is 32.1. The summed E-state index contributed by atoms with van der Waals surface area (Å²) in [6, 6.07) is 21.1. The fourth-order valence-corrected chi connectivity index (χ4v) is 4.26. The van der Waals surface area contributed by atoms with Crippen molar-refractivity contribution in [3.63, 3.8) is 0 Å². The zero-order chi connectivity index (χ0) is 22.2. The van der Waals surface area contributed by atoms with Crippen molar-refractivity contribution in [1.29, 1.82) is 0 Å². The lowest BCUT2D eigenvalue weighted by Crippen LogP contribution is -2.29. The van der Waals surface area contributed by atoms with Gasteiger partial charge in [-0.25, -0.2) is 9.88 Å². The van der Waals surface area contributed by atoms with E-state index >= 15 is 0 Å². The zero-order valence-corrected chi connectivity index (χ0v) is 17.8. The fourth-order valence-electron chi connectivity index (χ4n) is 3.54. The molecule has 0 saturated carbocycles. The van der Waals surface area contributed by atoms with E-state index in [0.717, 1.165) is 16.2 Å². The number of imide groups is 1. The van der Waals surface area contributed by atoms with Gasteiger partial charge in [-0.05, 0) is 43.3 Å². The van der Waals surface area contributed by atoms with Crippen molar-refractivity contribution in [2.75, 3.05) is 10.2 Å². The Morgan fingerprint density at radius 3 is 2.12 bits per heavy atom. The summed E-state index contributed by atoms with van der Waals surface area (Å²) in [5.74, 6) is -1.05. The summed E-state index contributed by atoms with van der Waals surface area (Å²) in [6.45, 7) is 2.02. The van der Waals surface area contributed by atoms with E-state index in [1.54, 1.807) is 48.5 Å². The first kappa shape index (κ1) is 19.8. The summed E-state index contributed by atoms with van der Waals surface area (Å²) in [6.07, 6.45) is 0. The lowest BCUT2D eigenvalue weighted by molar-refractivity contribution is 0.0925. The normalized spacial score (nSPS) is 12.7. The molecule has 0 aliphatic carbocycles. The summed E-state index contributed by atoms with van der Waals surface area (Å²) in [4.78, 5) is 43.5. The third kappa shape index (κ3) is 3.48. The number of nitrogens with zero attached hydrogens (tertiary/aromatic N) is 2. The number of carbonyl (C=O) groups excluding carboxylic acids is 3. The van der Waals surface area contributed by atoms with E-state index in [0.29, 0.717) is 27.5 Å². The number of carbonyl (C=O) groups is 3. The molecule has 1 aliphatic rings. The van der Waals surface area contributed by atoms with Crippen LogP contribution in [-0.4, -0.2) is 22.7 Å². The molecule has 0 spiro atoms. The first-order valence-electron chi connectivity index (χ1n) is 9.93. The number of amides is 3. The quantitative estimate of drug-likeness (QED) is 0.445. The number of aromatic nitrogens is 1. The standard InChI is InChI=1S/C25H17N3O3S/c1-15-6-8-16(9-7-15)21-14-32-25(26-21)27-22(29)17-10-12-18(13-11-17)28-23(30)19-4-2-3-5-20(19)24(28)31/h2-14H,1H3,(H,26,27,29). The lowest BCUT2D eigenvalue weighted by atomic mass is 10.1. The molecule has 0 radical (unpaired) electrons. The maximum atomic E-state index is 12.7. The van der Waals surface area contributed by atoms with Gasteiger partial charge >= 0.3 is 0 Å². The Hall–Kier alpha value is -4.10. The number of nitrogens with one attached hydrogen (secondary N) is 1. The molecule has 1 aromatic heterocycles. The number of thiazole rings is 1. The molecular formula is C25H17N3O3S. The van der Waals surface area contributed by atoms with Crippen LogP contribution in [0, 0.1) is 6.92 Å². The second-order valence-electron chi connectivity index (χ2n) is 7.40. The molecule has 0 unspecified atom stereocenters. The van der Waals surface area contributed by atoms with E-state index in [1.807, 2.05) is 36.6 Å². The number of anilines is 2. The van der Waals surface area contributed by atoms with Gasteiger partial charge in [0.15, 0.2) is 5.13 Å². The van der Waals surface area contributed by atoms with Crippen LogP contribution in [0.15, 0.2) is 78.2 Å². The molecule has 1 N–H and O–H groups in total. The average Bonchev–Trinajstić information content (AvgIpc) is 3.37. The summed E-state index contributed by atoms with van der Waals surface area (Å²) in [5.41, 5.74) is 4.53. The molecule has 4 aromatic rings. The second kappa shape index (κ2) is 7.86. The van der Waals surface area contributed by atoms with Gasteiger partial charge in [0.05, 0.1) is 22.5 Å². The van der Waals surface area contributed by atoms with Crippen LogP contribution in [0.1, 0.15) is 36.6 Å². The van der Waals surface area contributed by atoms with Crippen LogP contribution in [0.3, 0.4) is 0 Å². The van der Waals surface area contributed by atoms with Crippen molar-refractivity contribution < 1.29 is 14.4 Å². The molecule has 6 nitrogen and oxygen atoms in total. The molecule has 32 heavy (non-hydrogen) atoms. The Bertz CT molecular complexity index is 1320. The van der Waals surface area contributed by atoms with Gasteiger partial charge in [-0.15, -0.1) is 11.3 Å². The first-order chi connectivity index (χ1) is 15.5. The van der Waals surface area contributed by atoms with Crippen LogP contribution in [0.25, 0.3) is 11.3 Å². The number of benzene rings is 3. The summed E-state index contributed by atoms with van der Waals surface area (Å²) >= 11 is 1.35. The Labute approximate surface area is 188 Å². The maximum Gasteiger partial charge on any atom is 0.266 e. The molecular weight excluding hydrogens is 422 g/mol. The van der Waals surface area contributed by atoms with E-state index in [-0.39, 0.29) is 17.7 Å². The molecule has 156 valence electrons. The van der Waals surface area contributed by atoms with Crippen molar-refractivity contribution in [2.24, 2.45) is 0 Å². The number of rotatable bonds is 4. The third-order valence-corrected chi connectivity index (χ3v) is 6.01. The van der Waals surface area contributed by atoms with E-state index < -0.39 is 0 Å². The second-order valence-corrected chi connectivity index (χ2v) is 8.25. The molecule has 3 amide bonds. The van der Waals surface area contributed by atoms with Gasteiger partial charge in [0.2, 0.25) is 0 Å². The van der Waals surface area contributed by atoms with Crippen molar-refractivity contribution in [1.82, 2.24) is 4.98 Å². The average molecular weight is 439 g/mol. The Kier molecular flexibility index (Phi) is 4.88. The third-order valence-electron chi connectivity index (χ3n) is 5.25. The van der Waals surface area contributed by atoms with Crippen LogP contribution in [0.5, 0.6) is 0 Å². The topological polar surface area (TPSA) is 79.4 Å². The monoisotopic (exact) mass is 439 g/mol. The van der Waals surface area contributed by atoms with Crippen molar-refractivity contribution in [3.05, 3.63) is 100 Å². The van der Waals surface area contributed by atoms with E-state index in [1.165, 1.54) is 16.9 Å². The minimum atomic E-state index is -0.366. The summed E-state index contributed by atoms with van der Waals surface area (Å²) < 4.78 is 0. The molecule has 0 saturated heterocycles. The van der Waals surface area contributed by atoms with Gasteiger partial charge in [0.1, 0.15) is 0 Å². The van der Waals surface area contributed by atoms with Crippen molar-refractivity contribution >= 4 is 39.9 Å². The number of hydrogen-bond donors (Lipinski definition) is 1. The molecule has 0 fully saturated rings. The van der Waals surface area contributed by atoms with E-state index in [2.05, 4.69) is 10.3 Å². The minimum absolute atomic E-state index is 0.316. The van der Waals surface area contributed by atoms with Crippen LogP contribution in [0.4, 0.5) is 10.8 Å². The predicted molar refractivity (Wildman–Crippen MR) is 124 cm³/mol. The van der Waals surface area contributed by atoms with Crippen molar-refractivity contribution in [3.8, 4) is 11.3 Å². The van der Waals surface area contributed by atoms with Crippen LogP contribution in [-0.2, 0) is 0 Å². The highest BCUT2D eigenvalue weighted by Gasteiger charge is 2.36. The van der Waals surface area contributed by atoms with Gasteiger partial charge in [0, 0.05) is 16.5 Å². The SMILES string of the molecule is Cc1ccc(-c2csc(NC(=O)c3ccc(N4C(=O)c5ccccc5C4=O)cc3)n2)cc1. The highest BCUT2D eigenvalue weighted by Crippen LogP contribution is 2.29. The van der Waals surface area contributed by atoms with Crippen LogP contribution in [0.2, 0.25) is 0 Å². The molecule has 3 aromatic carbocycles. The highest BCUT2D eigenvalue weighted by molar-refractivity contribution is 7.14. The van der Waals surface area contributed by atoms with Gasteiger partial charge < -0.3 is 0 Å². The van der Waals surface area contributed by atoms with E-state index in [9.17, 15) is 14.4 Å². The molecule has 0 bridgehead atoms. The van der Waals surface area contributed by atoms with Gasteiger partial charge in [0.25, 0.3) is 17.7 Å². The molecule has 5 rings (SSSR count). The fraction of sp³-hybridized carbons (Fsp3) is 0.0400. The molecule has 0 atom stereocenters. The van der Waals surface area contributed by atoms with Gasteiger partial charge in [-0.2, -0.15) is 0 Å². The molecule has 7 heteroatoms. The molecule has 1 aliphatic heterocycles. The summed E-state index contributed by atoms with van der Waals surface area (Å²) in [5, 5.41) is 5.19. The Balaban J connectivity index is 1.31. The number of hydrogen-bond acceptors (Lipinski definition) is 5. The smallest absolute Gasteiger partial charge is 0.266 e. The van der Waals surface area contributed by atoms with Crippen LogP contribution < -0.4 is 10.2 Å². The van der Waals surface area contributed by atoms with Gasteiger partial charge in [-0.3, -0.25) is 19.7 Å². The minimum Gasteiger partial charge on any atom is -0.298 e. The summed E-state index contributed by atoms with van der Waals surface area (Å²) in [7, 11) is 0. The number of fused-ring (bicyclic) bond motifs is 1. The Morgan fingerprint density at radius 1 is 0.875 bits per heavy atom. The molecule has 2 heterocycles. The maximum absolute atomic E-state index is 12.7. The van der Waals surface area contributed by atoms with Crippen LogP contribution >= 0.6 is 11.3 Å². The zero-order valence-electron chi connectivity index (χ0n) is 17.0. The van der Waals surface area contributed by atoms with Crippen molar-refractivity contribution in [2.45, 2.75) is 6.92 Å². The first-order valence-corrected chi connectivity index (χ1v) is 10.8. The Morgan fingerprint density at radius 2 is 1.50 bits per heavy atom. The van der Waals surface area contributed by atoms with E-state index in [4.69, 9.17) is 0 Å². The largest absolute Gasteiger partial charge is 0.298 e. The predicted octanol–water partition coefficient (Wildman–Crippen LogP) is 5.17. The van der Waals surface area contributed by atoms with Gasteiger partial charge in [-0.1, -0.05) is 42.0 Å².